The number of hydrogen-bond acceptors (Lipinski definition) is 5. The van der Waals surface area contributed by atoms with Crippen molar-refractivity contribution in [2.75, 3.05) is 5.32 Å². The number of furan rings is 1. The third kappa shape index (κ3) is 3.14. The molecular weight excluding hydrogens is 288 g/mol. The van der Waals surface area contributed by atoms with E-state index in [4.69, 9.17) is 14.9 Å². The number of ketones is 1. The number of rotatable bonds is 4. The number of para-hydroxylation sites is 1. The van der Waals surface area contributed by atoms with Crippen molar-refractivity contribution in [2.45, 2.75) is 13.8 Å². The lowest BCUT2D eigenvalue weighted by Gasteiger charge is -2.05. The molecule has 7 heteroatoms. The van der Waals surface area contributed by atoms with Crippen LogP contribution in [0.25, 0.3) is 0 Å². The predicted molar refractivity (Wildman–Crippen MR) is 78.1 cm³/mol. The van der Waals surface area contributed by atoms with Gasteiger partial charge in [0, 0.05) is 0 Å². The molecule has 0 spiro atoms. The highest BCUT2D eigenvalue weighted by Gasteiger charge is 2.26. The van der Waals surface area contributed by atoms with E-state index in [1.165, 1.54) is 13.8 Å². The highest BCUT2D eigenvalue weighted by molar-refractivity contribution is 6.11. The summed E-state index contributed by atoms with van der Waals surface area (Å²) in [6, 6.07) is 8.33. The summed E-state index contributed by atoms with van der Waals surface area (Å²) in [6.07, 6.45) is -0.863. The van der Waals surface area contributed by atoms with E-state index < -0.39 is 12.0 Å². The second-order valence-electron chi connectivity index (χ2n) is 4.49. The molecule has 0 bridgehead atoms. The van der Waals surface area contributed by atoms with Gasteiger partial charge in [-0.3, -0.25) is 14.9 Å². The summed E-state index contributed by atoms with van der Waals surface area (Å²) in [5.41, 5.74) is 5.12. The predicted octanol–water partition coefficient (Wildman–Crippen LogP) is 2.50. The highest BCUT2D eigenvalue weighted by Crippen LogP contribution is 2.27. The highest BCUT2D eigenvalue weighted by atomic mass is 16.6. The average Bonchev–Trinajstić information content (AvgIpc) is 2.76. The fraction of sp³-hybridized carbons (Fsp3) is 0.133. The fourth-order valence-corrected chi connectivity index (χ4v) is 2.01. The molecule has 0 saturated heterocycles. The molecule has 0 aliphatic rings. The average molecular weight is 302 g/mol. The van der Waals surface area contributed by atoms with Crippen LogP contribution in [0, 0.1) is 6.92 Å². The molecule has 2 amide bonds. The van der Waals surface area contributed by atoms with Gasteiger partial charge in [0.15, 0.2) is 5.78 Å². The van der Waals surface area contributed by atoms with Crippen LogP contribution in [-0.4, -0.2) is 17.8 Å². The summed E-state index contributed by atoms with van der Waals surface area (Å²) < 4.78 is 10.3. The number of carbonyl (C=O) groups excluding carboxylic acids is 3. The molecule has 0 aliphatic carbocycles. The van der Waals surface area contributed by atoms with E-state index in [0.29, 0.717) is 5.75 Å². The Morgan fingerprint density at radius 2 is 1.77 bits per heavy atom. The van der Waals surface area contributed by atoms with Crippen molar-refractivity contribution in [3.05, 3.63) is 47.2 Å². The third-order valence-corrected chi connectivity index (χ3v) is 2.85. The van der Waals surface area contributed by atoms with E-state index in [0.717, 1.165) is 0 Å². The zero-order valence-electron chi connectivity index (χ0n) is 12.0. The van der Waals surface area contributed by atoms with E-state index >= 15 is 0 Å². The number of ether oxygens (including phenoxy) is 1. The number of aryl methyl sites for hydroxylation is 1. The van der Waals surface area contributed by atoms with Crippen LogP contribution in [0.1, 0.15) is 33.4 Å². The van der Waals surface area contributed by atoms with Gasteiger partial charge in [0.25, 0.3) is 5.91 Å². The van der Waals surface area contributed by atoms with Gasteiger partial charge in [-0.25, -0.2) is 4.79 Å². The maximum absolute atomic E-state index is 11.8. The number of anilines is 1. The lowest BCUT2D eigenvalue weighted by molar-refractivity contribution is 0.0974. The standard InChI is InChI=1S/C15H14N2O5/c1-8(18)11-9(2)21-14(12(11)13(16)19)17-15(20)22-10-6-4-3-5-7-10/h3-7H,1-2H3,(H2,16,19)(H,17,20). The van der Waals surface area contributed by atoms with Gasteiger partial charge in [-0.15, -0.1) is 0 Å². The van der Waals surface area contributed by atoms with Crippen molar-refractivity contribution >= 4 is 23.7 Å². The normalized spacial score (nSPS) is 10.1. The van der Waals surface area contributed by atoms with E-state index in [1.807, 2.05) is 0 Å². The van der Waals surface area contributed by atoms with Gasteiger partial charge < -0.3 is 14.9 Å². The lowest BCUT2D eigenvalue weighted by atomic mass is 10.1. The van der Waals surface area contributed by atoms with Crippen molar-refractivity contribution in [2.24, 2.45) is 5.73 Å². The van der Waals surface area contributed by atoms with Gasteiger partial charge in [0.2, 0.25) is 5.88 Å². The van der Waals surface area contributed by atoms with Crippen LogP contribution in [-0.2, 0) is 0 Å². The van der Waals surface area contributed by atoms with Crippen LogP contribution in [0.2, 0.25) is 0 Å². The molecule has 3 N–H and O–H groups in total. The minimum absolute atomic E-state index is 0.0440. The molecule has 114 valence electrons. The Labute approximate surface area is 126 Å². The number of nitrogens with two attached hydrogens (primary N) is 1. The summed E-state index contributed by atoms with van der Waals surface area (Å²) in [6.45, 7) is 2.77. The number of Topliss-reactive ketones (excluding diaryl/α,β-unsaturated/α-hetero) is 1. The molecule has 0 radical (unpaired) electrons. The SMILES string of the molecule is CC(=O)c1c(C)oc(NC(=O)Oc2ccccc2)c1C(N)=O. The molecule has 0 aliphatic heterocycles. The summed E-state index contributed by atoms with van der Waals surface area (Å²) in [5, 5.41) is 2.28. The molecule has 2 aromatic rings. The Morgan fingerprint density at radius 3 is 2.32 bits per heavy atom. The molecule has 1 aromatic heterocycles. The first kappa shape index (κ1) is 15.3. The second-order valence-corrected chi connectivity index (χ2v) is 4.49. The lowest BCUT2D eigenvalue weighted by Crippen LogP contribution is -2.21. The number of primary amides is 1. The Morgan fingerprint density at radius 1 is 1.14 bits per heavy atom. The van der Waals surface area contributed by atoms with Crippen molar-refractivity contribution in [1.82, 2.24) is 0 Å². The van der Waals surface area contributed by atoms with Crippen molar-refractivity contribution in [1.29, 1.82) is 0 Å². The largest absolute Gasteiger partial charge is 0.444 e. The number of amides is 2. The number of nitrogens with one attached hydrogen (secondary N) is 1. The van der Waals surface area contributed by atoms with Crippen LogP contribution in [0.4, 0.5) is 10.7 Å². The number of benzene rings is 1. The quantitative estimate of drug-likeness (QED) is 0.843. The second kappa shape index (κ2) is 6.13. The molecule has 0 atom stereocenters. The first-order chi connectivity index (χ1) is 10.4. The third-order valence-electron chi connectivity index (χ3n) is 2.85. The van der Waals surface area contributed by atoms with Crippen molar-refractivity contribution < 1.29 is 23.5 Å². The molecule has 1 heterocycles. The van der Waals surface area contributed by atoms with E-state index in [1.54, 1.807) is 30.3 Å². The topological polar surface area (TPSA) is 112 Å². The van der Waals surface area contributed by atoms with Gasteiger partial charge in [0.1, 0.15) is 17.1 Å². The van der Waals surface area contributed by atoms with Gasteiger partial charge in [-0.2, -0.15) is 0 Å². The zero-order valence-corrected chi connectivity index (χ0v) is 12.0. The molecule has 22 heavy (non-hydrogen) atoms. The molecule has 2 rings (SSSR count). The van der Waals surface area contributed by atoms with E-state index in [2.05, 4.69) is 5.32 Å². The molecule has 0 fully saturated rings. The van der Waals surface area contributed by atoms with E-state index in [-0.39, 0.29) is 28.6 Å². The zero-order chi connectivity index (χ0) is 16.3. The summed E-state index contributed by atoms with van der Waals surface area (Å²) in [7, 11) is 0. The summed E-state index contributed by atoms with van der Waals surface area (Å²) in [5.74, 6) is -0.972. The molecule has 0 unspecified atom stereocenters. The van der Waals surface area contributed by atoms with Crippen molar-refractivity contribution in [3.63, 3.8) is 0 Å². The fourth-order valence-electron chi connectivity index (χ4n) is 2.01. The maximum atomic E-state index is 11.8. The summed E-state index contributed by atoms with van der Waals surface area (Å²) >= 11 is 0. The molecule has 0 saturated carbocycles. The van der Waals surface area contributed by atoms with Crippen LogP contribution in [0.3, 0.4) is 0 Å². The van der Waals surface area contributed by atoms with Gasteiger partial charge in [-0.05, 0) is 26.0 Å². The summed E-state index contributed by atoms with van der Waals surface area (Å²) in [4.78, 5) is 34.9. The monoisotopic (exact) mass is 302 g/mol. The molecular formula is C15H14N2O5. The Bertz CT molecular complexity index is 734. The first-order valence-electron chi connectivity index (χ1n) is 6.38. The number of hydrogen-bond donors (Lipinski definition) is 2. The van der Waals surface area contributed by atoms with Crippen LogP contribution >= 0.6 is 0 Å². The minimum atomic E-state index is -0.878. The Hall–Kier alpha value is -3.09. The maximum Gasteiger partial charge on any atom is 0.419 e. The number of carbonyl (C=O) groups is 3. The van der Waals surface area contributed by atoms with Crippen LogP contribution in [0.15, 0.2) is 34.7 Å². The first-order valence-corrected chi connectivity index (χ1v) is 6.38. The van der Waals surface area contributed by atoms with E-state index in [9.17, 15) is 14.4 Å². The van der Waals surface area contributed by atoms with Crippen LogP contribution < -0.4 is 15.8 Å². The van der Waals surface area contributed by atoms with Gasteiger partial charge in [0.05, 0.1) is 5.56 Å². The van der Waals surface area contributed by atoms with Gasteiger partial charge in [-0.1, -0.05) is 18.2 Å². The Balaban J connectivity index is 2.26. The molecule has 1 aromatic carbocycles. The van der Waals surface area contributed by atoms with Crippen molar-refractivity contribution in [3.8, 4) is 5.75 Å². The van der Waals surface area contributed by atoms with Crippen LogP contribution in [0.5, 0.6) is 5.75 Å². The smallest absolute Gasteiger partial charge is 0.419 e. The molecule has 7 nitrogen and oxygen atoms in total. The Kier molecular flexibility index (Phi) is 4.26. The minimum Gasteiger partial charge on any atom is -0.444 e. The van der Waals surface area contributed by atoms with Gasteiger partial charge >= 0.3 is 6.09 Å².